The first-order chi connectivity index (χ1) is 7.72. The quantitative estimate of drug-likeness (QED) is 0.807. The number of rotatable bonds is 3. The second-order valence-electron chi connectivity index (χ2n) is 3.15. The van der Waals surface area contributed by atoms with Gasteiger partial charge in [0.25, 0.3) is 0 Å². The summed E-state index contributed by atoms with van der Waals surface area (Å²) < 4.78 is 6.09. The highest BCUT2D eigenvalue weighted by Gasteiger charge is 2.15. The van der Waals surface area contributed by atoms with E-state index in [1.54, 1.807) is 19.2 Å². The molecule has 0 radical (unpaired) electrons. The minimum atomic E-state index is -0.000602. The average molecular weight is 297 g/mol. The topological polar surface area (TPSA) is 26.3 Å². The van der Waals surface area contributed by atoms with Crippen LogP contribution in [-0.4, -0.2) is 12.9 Å². The first kappa shape index (κ1) is 11.4. The summed E-state index contributed by atoms with van der Waals surface area (Å²) in [6, 6.07) is 9.08. The van der Waals surface area contributed by atoms with Crippen molar-refractivity contribution in [2.75, 3.05) is 7.11 Å². The van der Waals surface area contributed by atoms with Crippen LogP contribution in [0.5, 0.6) is 5.75 Å². The summed E-state index contributed by atoms with van der Waals surface area (Å²) in [5.74, 6) is 0.590. The van der Waals surface area contributed by atoms with Crippen molar-refractivity contribution in [2.45, 2.75) is 0 Å². The number of benzene rings is 1. The van der Waals surface area contributed by atoms with E-state index >= 15 is 0 Å². The van der Waals surface area contributed by atoms with Gasteiger partial charge >= 0.3 is 0 Å². The summed E-state index contributed by atoms with van der Waals surface area (Å²) in [5, 5.41) is 1.89. The molecule has 0 saturated heterocycles. The fourth-order valence-electron chi connectivity index (χ4n) is 1.39. The van der Waals surface area contributed by atoms with Crippen molar-refractivity contribution in [2.24, 2.45) is 0 Å². The standard InChI is InChI=1S/C12H9BrO2S/c1-15-10-7-8(13)4-5-9(10)12(14)11-3-2-6-16-11/h2-7H,1H3. The van der Waals surface area contributed by atoms with Gasteiger partial charge in [0.1, 0.15) is 5.75 Å². The van der Waals surface area contributed by atoms with Gasteiger partial charge in [0.15, 0.2) is 0 Å². The van der Waals surface area contributed by atoms with E-state index in [0.29, 0.717) is 11.3 Å². The molecular weight excluding hydrogens is 288 g/mol. The molecule has 0 N–H and O–H groups in total. The van der Waals surface area contributed by atoms with Crippen molar-refractivity contribution < 1.29 is 9.53 Å². The summed E-state index contributed by atoms with van der Waals surface area (Å²) in [6.45, 7) is 0. The number of carbonyl (C=O) groups is 1. The summed E-state index contributed by atoms with van der Waals surface area (Å²) >= 11 is 4.78. The average Bonchev–Trinajstić information content (AvgIpc) is 2.81. The SMILES string of the molecule is COc1cc(Br)ccc1C(=O)c1cccs1. The highest BCUT2D eigenvalue weighted by Crippen LogP contribution is 2.26. The summed E-state index contributed by atoms with van der Waals surface area (Å²) in [4.78, 5) is 12.8. The van der Waals surface area contributed by atoms with Gasteiger partial charge in [0.2, 0.25) is 5.78 Å². The molecule has 0 bridgehead atoms. The highest BCUT2D eigenvalue weighted by molar-refractivity contribution is 9.10. The molecule has 0 saturated carbocycles. The third kappa shape index (κ3) is 2.18. The van der Waals surface area contributed by atoms with Crippen molar-refractivity contribution in [3.63, 3.8) is 0 Å². The number of halogens is 1. The van der Waals surface area contributed by atoms with Gasteiger partial charge in [-0.05, 0) is 29.6 Å². The molecule has 1 aromatic carbocycles. The van der Waals surface area contributed by atoms with E-state index in [1.807, 2.05) is 23.6 Å². The molecule has 1 heterocycles. The zero-order valence-corrected chi connectivity index (χ0v) is 11.0. The van der Waals surface area contributed by atoms with Gasteiger partial charge in [-0.2, -0.15) is 0 Å². The largest absolute Gasteiger partial charge is 0.496 e. The smallest absolute Gasteiger partial charge is 0.206 e. The lowest BCUT2D eigenvalue weighted by Crippen LogP contribution is -2.01. The Bertz CT molecular complexity index is 506. The lowest BCUT2D eigenvalue weighted by molar-refractivity contribution is 0.103. The van der Waals surface area contributed by atoms with Crippen molar-refractivity contribution in [1.82, 2.24) is 0 Å². The van der Waals surface area contributed by atoms with Crippen LogP contribution >= 0.6 is 27.3 Å². The Balaban J connectivity index is 2.44. The molecule has 2 rings (SSSR count). The van der Waals surface area contributed by atoms with E-state index in [1.165, 1.54) is 11.3 Å². The van der Waals surface area contributed by atoms with E-state index in [2.05, 4.69) is 15.9 Å². The minimum Gasteiger partial charge on any atom is -0.496 e. The maximum Gasteiger partial charge on any atom is 0.206 e. The van der Waals surface area contributed by atoms with Crippen molar-refractivity contribution in [1.29, 1.82) is 0 Å². The summed E-state index contributed by atoms with van der Waals surface area (Å²) in [5.41, 5.74) is 0.591. The number of ether oxygens (including phenoxy) is 1. The third-order valence-corrected chi connectivity index (χ3v) is 3.52. The molecular formula is C12H9BrO2S. The molecule has 0 atom stereocenters. The molecule has 0 fully saturated rings. The van der Waals surface area contributed by atoms with Crippen LogP contribution in [0.2, 0.25) is 0 Å². The maximum absolute atomic E-state index is 12.1. The van der Waals surface area contributed by atoms with Crippen LogP contribution in [0.3, 0.4) is 0 Å². The number of hydrogen-bond acceptors (Lipinski definition) is 3. The Labute approximate surface area is 106 Å². The van der Waals surface area contributed by atoms with Crippen LogP contribution in [-0.2, 0) is 0 Å². The van der Waals surface area contributed by atoms with Crippen molar-refractivity contribution in [3.8, 4) is 5.75 Å². The van der Waals surface area contributed by atoms with E-state index in [9.17, 15) is 4.79 Å². The zero-order valence-electron chi connectivity index (χ0n) is 8.57. The van der Waals surface area contributed by atoms with Crippen molar-refractivity contribution >= 4 is 33.0 Å². The van der Waals surface area contributed by atoms with Gasteiger partial charge in [-0.25, -0.2) is 0 Å². The second kappa shape index (κ2) is 4.80. The predicted octanol–water partition coefficient (Wildman–Crippen LogP) is 3.75. The Morgan fingerprint density at radius 1 is 1.38 bits per heavy atom. The van der Waals surface area contributed by atoms with Crippen LogP contribution in [0.4, 0.5) is 0 Å². The van der Waals surface area contributed by atoms with Gasteiger partial charge in [0.05, 0.1) is 17.6 Å². The molecule has 0 aliphatic heterocycles. The normalized spacial score (nSPS) is 10.1. The molecule has 0 unspecified atom stereocenters. The molecule has 1 aromatic heterocycles. The Kier molecular flexibility index (Phi) is 3.41. The van der Waals surface area contributed by atoms with Gasteiger partial charge in [-0.3, -0.25) is 4.79 Å². The van der Waals surface area contributed by atoms with E-state index in [-0.39, 0.29) is 5.78 Å². The molecule has 4 heteroatoms. The third-order valence-electron chi connectivity index (χ3n) is 2.15. The number of hydrogen-bond donors (Lipinski definition) is 0. The number of methoxy groups -OCH3 is 1. The van der Waals surface area contributed by atoms with E-state index < -0.39 is 0 Å². The first-order valence-corrected chi connectivity index (χ1v) is 6.31. The zero-order chi connectivity index (χ0) is 11.5. The van der Waals surface area contributed by atoms with Crippen LogP contribution in [0.1, 0.15) is 15.2 Å². The van der Waals surface area contributed by atoms with Crippen LogP contribution < -0.4 is 4.74 Å². The lowest BCUT2D eigenvalue weighted by atomic mass is 10.1. The Hall–Kier alpha value is -1.13. The molecule has 0 spiro atoms. The van der Waals surface area contributed by atoms with E-state index in [0.717, 1.165) is 9.35 Å². The monoisotopic (exact) mass is 296 g/mol. The first-order valence-electron chi connectivity index (χ1n) is 4.64. The molecule has 2 nitrogen and oxygen atoms in total. The predicted molar refractivity (Wildman–Crippen MR) is 68.4 cm³/mol. The summed E-state index contributed by atoms with van der Waals surface area (Å²) in [7, 11) is 1.56. The summed E-state index contributed by atoms with van der Waals surface area (Å²) in [6.07, 6.45) is 0. The van der Waals surface area contributed by atoms with Crippen LogP contribution in [0, 0.1) is 0 Å². The highest BCUT2D eigenvalue weighted by atomic mass is 79.9. The second-order valence-corrected chi connectivity index (χ2v) is 5.01. The fourth-order valence-corrected chi connectivity index (χ4v) is 2.41. The van der Waals surface area contributed by atoms with Crippen molar-refractivity contribution in [3.05, 3.63) is 50.6 Å². The molecule has 16 heavy (non-hydrogen) atoms. The lowest BCUT2D eigenvalue weighted by Gasteiger charge is -2.06. The number of carbonyl (C=O) groups excluding carboxylic acids is 1. The minimum absolute atomic E-state index is 0.000602. The van der Waals surface area contributed by atoms with E-state index in [4.69, 9.17) is 4.74 Å². The number of thiophene rings is 1. The maximum atomic E-state index is 12.1. The Morgan fingerprint density at radius 2 is 2.19 bits per heavy atom. The molecule has 0 aliphatic rings. The Morgan fingerprint density at radius 3 is 2.81 bits per heavy atom. The number of ketones is 1. The molecule has 2 aromatic rings. The molecule has 0 aliphatic carbocycles. The molecule has 82 valence electrons. The van der Waals surface area contributed by atoms with Crippen LogP contribution in [0.15, 0.2) is 40.2 Å². The van der Waals surface area contributed by atoms with Gasteiger partial charge in [-0.15, -0.1) is 11.3 Å². The molecule has 0 amide bonds. The fraction of sp³-hybridized carbons (Fsp3) is 0.0833. The van der Waals surface area contributed by atoms with Crippen LogP contribution in [0.25, 0.3) is 0 Å². The van der Waals surface area contributed by atoms with Gasteiger partial charge in [-0.1, -0.05) is 22.0 Å². The van der Waals surface area contributed by atoms with Gasteiger partial charge in [0, 0.05) is 4.47 Å². The van der Waals surface area contributed by atoms with Gasteiger partial charge < -0.3 is 4.74 Å².